The minimum absolute atomic E-state index is 0.0997. The van der Waals surface area contributed by atoms with E-state index in [9.17, 15) is 14.7 Å². The summed E-state index contributed by atoms with van der Waals surface area (Å²) in [5.41, 5.74) is 1.40. The molecule has 0 aromatic heterocycles. The van der Waals surface area contributed by atoms with Crippen molar-refractivity contribution in [3.05, 3.63) is 59.7 Å². The Morgan fingerprint density at radius 3 is 2.09 bits per heavy atom. The van der Waals surface area contributed by atoms with Crippen LogP contribution in [0.1, 0.15) is 63.5 Å². The number of likely N-dealkylation sites (N-methyl/N-ethyl adjacent to an activating group) is 1. The van der Waals surface area contributed by atoms with Crippen molar-refractivity contribution < 1.29 is 19.4 Å². The Kier molecular flexibility index (Phi) is 8.83. The van der Waals surface area contributed by atoms with Crippen LogP contribution < -0.4 is 4.74 Å². The molecule has 1 amide bonds. The van der Waals surface area contributed by atoms with Crippen LogP contribution in [-0.4, -0.2) is 28.9 Å². The molecule has 0 saturated carbocycles. The highest BCUT2D eigenvalue weighted by atomic mass is 16.5. The molecule has 1 N–H and O–H groups in total. The summed E-state index contributed by atoms with van der Waals surface area (Å²) in [7, 11) is 1.45. The second kappa shape index (κ2) is 11.3. The maximum absolute atomic E-state index is 13.1. The van der Waals surface area contributed by atoms with Crippen molar-refractivity contribution in [1.82, 2.24) is 4.90 Å². The standard InChI is InChI=1S/C26H32N2O4/c1-17(2)12-23(25(30)28(5)16-27)20-9-7-11-22(15-20)32-26(31)24(13-18(3)4)19-8-6-10-21(29)14-19/h6-11,14-15,17-18,23-24,29H,12-13H2,1-5H3. The largest absolute Gasteiger partial charge is 0.508 e. The molecule has 0 aliphatic rings. The number of aromatic hydroxyl groups is 1. The van der Waals surface area contributed by atoms with Gasteiger partial charge in [-0.2, -0.15) is 5.26 Å². The Labute approximate surface area is 190 Å². The molecule has 0 aliphatic carbocycles. The lowest BCUT2D eigenvalue weighted by molar-refractivity contribution is -0.136. The number of nitrogens with zero attached hydrogens (tertiary/aromatic N) is 2. The summed E-state index contributed by atoms with van der Waals surface area (Å²) in [6, 6.07) is 13.6. The number of benzene rings is 2. The van der Waals surface area contributed by atoms with Crippen LogP contribution in [0.25, 0.3) is 0 Å². The number of esters is 1. The summed E-state index contributed by atoms with van der Waals surface area (Å²) in [6.07, 6.45) is 3.01. The zero-order chi connectivity index (χ0) is 23.8. The van der Waals surface area contributed by atoms with Gasteiger partial charge in [-0.1, -0.05) is 52.0 Å². The molecule has 0 bridgehead atoms. The molecule has 6 heteroatoms. The van der Waals surface area contributed by atoms with Gasteiger partial charge in [-0.25, -0.2) is 0 Å². The second-order valence-corrected chi connectivity index (χ2v) is 8.95. The smallest absolute Gasteiger partial charge is 0.318 e. The number of carbonyl (C=O) groups excluding carboxylic acids is 2. The first kappa shape index (κ1) is 24.9. The number of amides is 1. The van der Waals surface area contributed by atoms with E-state index in [1.807, 2.05) is 40.0 Å². The van der Waals surface area contributed by atoms with E-state index in [-0.39, 0.29) is 23.5 Å². The Morgan fingerprint density at radius 2 is 1.53 bits per heavy atom. The lowest BCUT2D eigenvalue weighted by atomic mass is 9.89. The zero-order valence-corrected chi connectivity index (χ0v) is 19.4. The maximum atomic E-state index is 13.1. The lowest BCUT2D eigenvalue weighted by Gasteiger charge is -2.22. The molecule has 0 radical (unpaired) electrons. The van der Waals surface area contributed by atoms with Gasteiger partial charge >= 0.3 is 5.97 Å². The highest BCUT2D eigenvalue weighted by molar-refractivity contribution is 5.85. The van der Waals surface area contributed by atoms with Gasteiger partial charge in [0.1, 0.15) is 11.5 Å². The molecule has 2 rings (SSSR count). The molecule has 170 valence electrons. The van der Waals surface area contributed by atoms with E-state index in [0.29, 0.717) is 29.7 Å². The first-order valence-electron chi connectivity index (χ1n) is 10.9. The topological polar surface area (TPSA) is 90.6 Å². The minimum atomic E-state index is -0.524. The van der Waals surface area contributed by atoms with Gasteiger partial charge in [0.25, 0.3) is 0 Å². The van der Waals surface area contributed by atoms with Crippen LogP contribution >= 0.6 is 0 Å². The summed E-state index contributed by atoms with van der Waals surface area (Å²) in [4.78, 5) is 26.9. The SMILES string of the molecule is CC(C)CC(C(=O)Oc1cccc(C(CC(C)C)C(=O)N(C)C#N)c1)c1cccc(O)c1. The molecular weight excluding hydrogens is 404 g/mol. The molecule has 2 unspecified atom stereocenters. The summed E-state index contributed by atoms with van der Waals surface area (Å²) >= 11 is 0. The Bertz CT molecular complexity index is 978. The minimum Gasteiger partial charge on any atom is -0.508 e. The van der Waals surface area contributed by atoms with E-state index in [1.54, 1.807) is 42.5 Å². The van der Waals surface area contributed by atoms with Crippen molar-refractivity contribution in [2.24, 2.45) is 11.8 Å². The van der Waals surface area contributed by atoms with Gasteiger partial charge in [-0.3, -0.25) is 14.5 Å². The van der Waals surface area contributed by atoms with Crippen LogP contribution in [0.2, 0.25) is 0 Å². The summed E-state index contributed by atoms with van der Waals surface area (Å²) < 4.78 is 5.72. The lowest BCUT2D eigenvalue weighted by Crippen LogP contribution is -2.28. The molecule has 2 atom stereocenters. The van der Waals surface area contributed by atoms with E-state index in [2.05, 4.69) is 0 Å². The zero-order valence-electron chi connectivity index (χ0n) is 19.4. The van der Waals surface area contributed by atoms with Crippen LogP contribution in [0.5, 0.6) is 11.5 Å². The van der Waals surface area contributed by atoms with E-state index in [4.69, 9.17) is 10.00 Å². The first-order chi connectivity index (χ1) is 15.1. The molecule has 0 spiro atoms. The monoisotopic (exact) mass is 436 g/mol. The van der Waals surface area contributed by atoms with Gasteiger partial charge in [0.05, 0.1) is 11.8 Å². The molecule has 2 aromatic rings. The Morgan fingerprint density at radius 1 is 0.969 bits per heavy atom. The van der Waals surface area contributed by atoms with E-state index < -0.39 is 17.8 Å². The third-order valence-electron chi connectivity index (χ3n) is 5.23. The predicted molar refractivity (Wildman–Crippen MR) is 123 cm³/mol. The van der Waals surface area contributed by atoms with Gasteiger partial charge in [0.15, 0.2) is 6.19 Å². The van der Waals surface area contributed by atoms with Crippen molar-refractivity contribution in [3.8, 4) is 17.7 Å². The van der Waals surface area contributed by atoms with Crippen molar-refractivity contribution in [3.63, 3.8) is 0 Å². The normalized spacial score (nSPS) is 12.8. The third-order valence-corrected chi connectivity index (χ3v) is 5.23. The van der Waals surface area contributed by atoms with Crippen LogP contribution in [-0.2, 0) is 9.59 Å². The number of hydrogen-bond donors (Lipinski definition) is 1. The van der Waals surface area contributed by atoms with E-state index in [0.717, 1.165) is 4.90 Å². The van der Waals surface area contributed by atoms with Gasteiger partial charge in [-0.05, 0) is 60.1 Å². The summed E-state index contributed by atoms with van der Waals surface area (Å²) in [5, 5.41) is 19.0. The van der Waals surface area contributed by atoms with E-state index >= 15 is 0 Å². The van der Waals surface area contributed by atoms with Crippen LogP contribution in [0.4, 0.5) is 0 Å². The maximum Gasteiger partial charge on any atom is 0.318 e. The van der Waals surface area contributed by atoms with E-state index in [1.165, 1.54) is 7.05 Å². The average molecular weight is 437 g/mol. The predicted octanol–water partition coefficient (Wildman–Crippen LogP) is 5.20. The Balaban J connectivity index is 2.31. The number of nitriles is 1. The van der Waals surface area contributed by atoms with Gasteiger partial charge in [0, 0.05) is 7.05 Å². The van der Waals surface area contributed by atoms with Crippen LogP contribution in [0, 0.1) is 23.3 Å². The first-order valence-corrected chi connectivity index (χ1v) is 10.9. The van der Waals surface area contributed by atoms with Crippen LogP contribution in [0.3, 0.4) is 0 Å². The number of phenolic OH excluding ortho intramolecular Hbond substituents is 1. The number of hydrogen-bond acceptors (Lipinski definition) is 5. The molecule has 0 aliphatic heterocycles. The molecular formula is C26H32N2O4. The van der Waals surface area contributed by atoms with Gasteiger partial charge in [0.2, 0.25) is 5.91 Å². The second-order valence-electron chi connectivity index (χ2n) is 8.95. The highest BCUT2D eigenvalue weighted by Crippen LogP contribution is 2.31. The fourth-order valence-electron chi connectivity index (χ4n) is 3.70. The number of carbonyl (C=O) groups is 2. The average Bonchev–Trinajstić information content (AvgIpc) is 2.74. The van der Waals surface area contributed by atoms with Crippen molar-refractivity contribution in [1.29, 1.82) is 5.26 Å². The molecule has 0 heterocycles. The van der Waals surface area contributed by atoms with Gasteiger partial charge in [-0.15, -0.1) is 0 Å². The summed E-state index contributed by atoms with van der Waals surface area (Å²) in [6.45, 7) is 8.08. The van der Waals surface area contributed by atoms with Crippen LogP contribution in [0.15, 0.2) is 48.5 Å². The van der Waals surface area contributed by atoms with Crippen molar-refractivity contribution in [2.75, 3.05) is 7.05 Å². The van der Waals surface area contributed by atoms with Crippen molar-refractivity contribution in [2.45, 2.75) is 52.4 Å². The fraction of sp³-hybridized carbons (Fsp3) is 0.423. The number of ether oxygens (including phenoxy) is 1. The quantitative estimate of drug-likeness (QED) is 0.253. The molecule has 32 heavy (non-hydrogen) atoms. The summed E-state index contributed by atoms with van der Waals surface area (Å²) in [5.74, 6) is -0.798. The highest BCUT2D eigenvalue weighted by Gasteiger charge is 2.27. The molecule has 2 aromatic carbocycles. The Hall–Kier alpha value is -3.33. The molecule has 0 fully saturated rings. The number of rotatable bonds is 9. The van der Waals surface area contributed by atoms with Gasteiger partial charge < -0.3 is 9.84 Å². The molecule has 6 nitrogen and oxygen atoms in total. The fourth-order valence-corrected chi connectivity index (χ4v) is 3.70. The van der Waals surface area contributed by atoms with Crippen molar-refractivity contribution >= 4 is 11.9 Å². The number of phenols is 1. The third kappa shape index (κ3) is 6.84. The molecule has 0 saturated heterocycles.